The van der Waals surface area contributed by atoms with Crippen LogP contribution < -0.4 is 10.6 Å². The lowest BCUT2D eigenvalue weighted by atomic mass is 10.3. The van der Waals surface area contributed by atoms with Crippen LogP contribution in [0.15, 0.2) is 24.3 Å². The van der Waals surface area contributed by atoms with Gasteiger partial charge in [-0.2, -0.15) is 0 Å². The predicted octanol–water partition coefficient (Wildman–Crippen LogP) is 0.662. The number of nitro benzene ring substituents is 1. The Bertz CT molecular complexity index is 661. The van der Waals surface area contributed by atoms with E-state index in [1.54, 1.807) is 4.90 Å². The van der Waals surface area contributed by atoms with Crippen LogP contribution in [0.5, 0.6) is 0 Å². The van der Waals surface area contributed by atoms with Gasteiger partial charge < -0.3 is 15.5 Å². The van der Waals surface area contributed by atoms with Gasteiger partial charge in [0.25, 0.3) is 5.69 Å². The molecular weight excluding hydrogens is 316 g/mol. The molecule has 1 heterocycles. The van der Waals surface area contributed by atoms with Crippen molar-refractivity contribution < 1.29 is 19.3 Å². The van der Waals surface area contributed by atoms with E-state index in [9.17, 15) is 24.5 Å². The molecule has 1 aliphatic heterocycles. The summed E-state index contributed by atoms with van der Waals surface area (Å²) in [5.41, 5.74) is -0.00416. The summed E-state index contributed by atoms with van der Waals surface area (Å²) < 4.78 is 0. The van der Waals surface area contributed by atoms with Gasteiger partial charge in [0.1, 0.15) is 0 Å². The molecule has 0 unspecified atom stereocenters. The molecule has 0 aliphatic carbocycles. The predicted molar refractivity (Wildman–Crippen MR) is 85.2 cm³/mol. The fourth-order valence-electron chi connectivity index (χ4n) is 2.38. The first kappa shape index (κ1) is 17.4. The number of hydrogen-bond acceptors (Lipinski definition) is 5. The number of carbonyl (C=O) groups excluding carboxylic acids is 3. The van der Waals surface area contributed by atoms with Gasteiger partial charge in [0.2, 0.25) is 5.91 Å². The number of nitrogens with zero attached hydrogens (tertiary/aromatic N) is 2. The second-order valence-corrected chi connectivity index (χ2v) is 5.36. The molecule has 1 aromatic rings. The van der Waals surface area contributed by atoms with Gasteiger partial charge in [0, 0.05) is 43.9 Å². The average molecular weight is 334 g/mol. The number of nitro groups is 1. The molecular formula is C15H18N4O5. The smallest absolute Gasteiger partial charge is 0.313 e. The Morgan fingerprint density at radius 2 is 2.08 bits per heavy atom. The quantitative estimate of drug-likeness (QED) is 0.342. The molecule has 1 aliphatic rings. The zero-order valence-electron chi connectivity index (χ0n) is 13.0. The van der Waals surface area contributed by atoms with Crippen LogP contribution in [0.3, 0.4) is 0 Å². The zero-order valence-corrected chi connectivity index (χ0v) is 13.0. The molecule has 128 valence electrons. The Labute approximate surface area is 138 Å². The molecule has 1 aromatic carbocycles. The molecule has 9 nitrogen and oxygen atoms in total. The van der Waals surface area contributed by atoms with Crippen LogP contribution in [0.1, 0.15) is 19.3 Å². The fraction of sp³-hybridized carbons (Fsp3) is 0.400. The third kappa shape index (κ3) is 4.77. The number of hydrogen-bond donors (Lipinski definition) is 2. The van der Waals surface area contributed by atoms with Crippen LogP contribution in [0, 0.1) is 10.1 Å². The summed E-state index contributed by atoms with van der Waals surface area (Å²) in [6, 6.07) is 5.33. The molecule has 0 atom stereocenters. The van der Waals surface area contributed by atoms with Crippen molar-refractivity contribution in [1.82, 2.24) is 10.2 Å². The third-order valence-electron chi connectivity index (χ3n) is 3.58. The van der Waals surface area contributed by atoms with Gasteiger partial charge in [-0.05, 0) is 18.9 Å². The lowest BCUT2D eigenvalue weighted by Gasteiger charge is -2.15. The topological polar surface area (TPSA) is 122 Å². The minimum absolute atomic E-state index is 0.116. The van der Waals surface area contributed by atoms with E-state index in [4.69, 9.17) is 0 Å². The van der Waals surface area contributed by atoms with Gasteiger partial charge in [-0.15, -0.1) is 0 Å². The number of nitrogens with one attached hydrogen (secondary N) is 2. The summed E-state index contributed by atoms with van der Waals surface area (Å²) in [7, 11) is 0. The van der Waals surface area contributed by atoms with Crippen molar-refractivity contribution in [2.45, 2.75) is 19.3 Å². The summed E-state index contributed by atoms with van der Waals surface area (Å²) >= 11 is 0. The van der Waals surface area contributed by atoms with Crippen molar-refractivity contribution in [2.75, 3.05) is 25.0 Å². The summed E-state index contributed by atoms with van der Waals surface area (Å²) in [5.74, 6) is -1.60. The zero-order chi connectivity index (χ0) is 17.5. The molecule has 2 N–H and O–H groups in total. The molecule has 0 saturated carbocycles. The Hall–Kier alpha value is -2.97. The summed E-state index contributed by atoms with van der Waals surface area (Å²) in [6.45, 7) is 1.55. The molecule has 3 amide bonds. The molecule has 9 heteroatoms. The van der Waals surface area contributed by atoms with Gasteiger partial charge >= 0.3 is 11.8 Å². The van der Waals surface area contributed by atoms with Crippen molar-refractivity contribution in [2.24, 2.45) is 0 Å². The standard InChI is InChI=1S/C15H18N4O5/c20-13-6-2-8-18(13)9-3-7-16-14(21)15(22)17-11-4-1-5-12(10-11)19(23)24/h1,4-5,10H,2-3,6-9H2,(H,16,21)(H,17,22). The number of non-ortho nitro benzene ring substituents is 1. The molecule has 24 heavy (non-hydrogen) atoms. The maximum Gasteiger partial charge on any atom is 0.313 e. The molecule has 1 saturated heterocycles. The second kappa shape index (κ2) is 8.04. The first-order valence-electron chi connectivity index (χ1n) is 7.59. The van der Waals surface area contributed by atoms with Crippen molar-refractivity contribution in [3.8, 4) is 0 Å². The van der Waals surface area contributed by atoms with Crippen molar-refractivity contribution >= 4 is 29.1 Å². The lowest BCUT2D eigenvalue weighted by molar-refractivity contribution is -0.384. The highest BCUT2D eigenvalue weighted by Gasteiger charge is 2.19. The number of amides is 3. The Balaban J connectivity index is 1.74. The first-order valence-corrected chi connectivity index (χ1v) is 7.59. The van der Waals surface area contributed by atoms with Crippen molar-refractivity contribution in [3.63, 3.8) is 0 Å². The molecule has 0 radical (unpaired) electrons. The van der Waals surface area contributed by atoms with E-state index < -0.39 is 16.7 Å². The fourth-order valence-corrected chi connectivity index (χ4v) is 2.38. The Morgan fingerprint density at radius 1 is 1.29 bits per heavy atom. The summed E-state index contributed by atoms with van der Waals surface area (Å²) in [5, 5.41) is 15.4. The van der Waals surface area contributed by atoms with E-state index in [2.05, 4.69) is 10.6 Å². The number of carbonyl (C=O) groups is 3. The normalized spacial score (nSPS) is 13.7. The Morgan fingerprint density at radius 3 is 2.75 bits per heavy atom. The van der Waals surface area contributed by atoms with Gasteiger partial charge in [-0.3, -0.25) is 24.5 Å². The lowest BCUT2D eigenvalue weighted by Crippen LogP contribution is -2.37. The van der Waals surface area contributed by atoms with Crippen LogP contribution in [-0.2, 0) is 14.4 Å². The first-order chi connectivity index (χ1) is 11.5. The second-order valence-electron chi connectivity index (χ2n) is 5.36. The van der Waals surface area contributed by atoms with Crippen molar-refractivity contribution in [3.05, 3.63) is 34.4 Å². The summed E-state index contributed by atoms with van der Waals surface area (Å²) in [6.07, 6.45) is 1.98. The van der Waals surface area contributed by atoms with E-state index in [1.165, 1.54) is 24.3 Å². The van der Waals surface area contributed by atoms with Gasteiger partial charge in [-0.1, -0.05) is 6.07 Å². The highest BCUT2D eigenvalue weighted by molar-refractivity contribution is 6.39. The van der Waals surface area contributed by atoms with Gasteiger partial charge in [0.05, 0.1) is 4.92 Å². The van der Waals surface area contributed by atoms with E-state index in [0.29, 0.717) is 19.4 Å². The van der Waals surface area contributed by atoms with Crippen LogP contribution in [0.4, 0.5) is 11.4 Å². The van der Waals surface area contributed by atoms with E-state index in [-0.39, 0.29) is 23.8 Å². The molecule has 0 bridgehead atoms. The van der Waals surface area contributed by atoms with Gasteiger partial charge in [0.15, 0.2) is 0 Å². The van der Waals surface area contributed by atoms with Crippen LogP contribution >= 0.6 is 0 Å². The summed E-state index contributed by atoms with van der Waals surface area (Å²) in [4.78, 5) is 46.7. The highest BCUT2D eigenvalue weighted by Crippen LogP contribution is 2.16. The number of anilines is 1. The van der Waals surface area contributed by atoms with Crippen molar-refractivity contribution in [1.29, 1.82) is 0 Å². The monoisotopic (exact) mass is 334 g/mol. The molecule has 1 fully saturated rings. The SMILES string of the molecule is O=C(NCCCN1CCCC1=O)C(=O)Nc1cccc([N+](=O)[O-])c1. The van der Waals surface area contributed by atoms with Crippen LogP contribution in [-0.4, -0.2) is 47.2 Å². The third-order valence-corrected chi connectivity index (χ3v) is 3.58. The highest BCUT2D eigenvalue weighted by atomic mass is 16.6. The molecule has 2 rings (SSSR count). The maximum absolute atomic E-state index is 11.7. The average Bonchev–Trinajstić information content (AvgIpc) is 2.96. The number of likely N-dealkylation sites (tertiary alicyclic amines) is 1. The van der Waals surface area contributed by atoms with E-state index in [1.807, 2.05) is 0 Å². The number of rotatable bonds is 6. The van der Waals surface area contributed by atoms with Crippen LogP contribution in [0.2, 0.25) is 0 Å². The van der Waals surface area contributed by atoms with Crippen LogP contribution in [0.25, 0.3) is 0 Å². The maximum atomic E-state index is 11.7. The van der Waals surface area contributed by atoms with E-state index >= 15 is 0 Å². The van der Waals surface area contributed by atoms with Gasteiger partial charge in [-0.25, -0.2) is 0 Å². The Kier molecular flexibility index (Phi) is 5.83. The molecule has 0 aromatic heterocycles. The van der Waals surface area contributed by atoms with E-state index in [0.717, 1.165) is 13.0 Å². The number of benzene rings is 1. The molecule has 0 spiro atoms. The minimum Gasteiger partial charge on any atom is -0.348 e. The minimum atomic E-state index is -0.896. The largest absolute Gasteiger partial charge is 0.348 e.